The van der Waals surface area contributed by atoms with Gasteiger partial charge in [0.15, 0.2) is 11.5 Å². The fraction of sp³-hybridized carbons (Fsp3) is 0.150. The Balaban J connectivity index is 1.43. The second kappa shape index (κ2) is 7.83. The molecule has 142 valence electrons. The maximum absolute atomic E-state index is 12.5. The molecule has 0 atom stereocenters. The molecule has 3 heterocycles. The molecule has 0 fully saturated rings. The summed E-state index contributed by atoms with van der Waals surface area (Å²) in [6.07, 6.45) is 1.53. The number of aromatic nitrogens is 1. The molecule has 8 nitrogen and oxygen atoms in total. The standard InChI is InChI=1S/C20H17N3O5/c24-19(21-12-14-3-2-8-26-14)15-4-1-5-16(23-15)20(25)22-13-6-7-17-18(11-13)28-10-9-27-17/h1-8,11H,9-10,12H2,(H,21,24)(H,22,25). The summed E-state index contributed by atoms with van der Waals surface area (Å²) in [7, 11) is 0. The van der Waals surface area contributed by atoms with Crippen LogP contribution in [0.1, 0.15) is 26.7 Å². The molecule has 4 rings (SSSR count). The van der Waals surface area contributed by atoms with Crippen molar-refractivity contribution in [3.8, 4) is 11.5 Å². The number of nitrogens with zero attached hydrogens (tertiary/aromatic N) is 1. The Morgan fingerprint density at radius 1 is 0.929 bits per heavy atom. The zero-order valence-electron chi connectivity index (χ0n) is 14.8. The Morgan fingerprint density at radius 3 is 2.50 bits per heavy atom. The van der Waals surface area contributed by atoms with E-state index in [0.29, 0.717) is 36.2 Å². The Labute approximate surface area is 160 Å². The van der Waals surface area contributed by atoms with Gasteiger partial charge in [0, 0.05) is 11.8 Å². The lowest BCUT2D eigenvalue weighted by molar-refractivity contribution is 0.0943. The molecule has 1 aromatic carbocycles. The smallest absolute Gasteiger partial charge is 0.274 e. The molecule has 0 saturated carbocycles. The number of benzene rings is 1. The third-order valence-corrected chi connectivity index (χ3v) is 4.02. The number of hydrogen-bond donors (Lipinski definition) is 2. The lowest BCUT2D eigenvalue weighted by atomic mass is 10.2. The number of ether oxygens (including phenoxy) is 2. The number of anilines is 1. The first-order valence-corrected chi connectivity index (χ1v) is 8.68. The summed E-state index contributed by atoms with van der Waals surface area (Å²) >= 11 is 0. The van der Waals surface area contributed by atoms with Gasteiger partial charge in [-0.05, 0) is 36.4 Å². The van der Waals surface area contributed by atoms with Gasteiger partial charge < -0.3 is 24.5 Å². The third-order valence-electron chi connectivity index (χ3n) is 4.02. The highest BCUT2D eigenvalue weighted by Gasteiger charge is 2.15. The number of hydrogen-bond acceptors (Lipinski definition) is 6. The van der Waals surface area contributed by atoms with Crippen LogP contribution in [0, 0.1) is 0 Å². The summed E-state index contributed by atoms with van der Waals surface area (Å²) in [4.78, 5) is 28.9. The summed E-state index contributed by atoms with van der Waals surface area (Å²) < 4.78 is 16.1. The molecular formula is C20H17N3O5. The molecule has 0 radical (unpaired) electrons. The van der Waals surface area contributed by atoms with E-state index in [1.807, 2.05) is 0 Å². The second-order valence-corrected chi connectivity index (χ2v) is 5.98. The summed E-state index contributed by atoms with van der Waals surface area (Å²) in [5.41, 5.74) is 0.811. The van der Waals surface area contributed by atoms with Crippen molar-refractivity contribution in [3.05, 3.63) is 71.9 Å². The molecule has 1 aliphatic rings. The first-order valence-electron chi connectivity index (χ1n) is 8.68. The minimum Gasteiger partial charge on any atom is -0.486 e. The van der Waals surface area contributed by atoms with Gasteiger partial charge in [0.25, 0.3) is 11.8 Å². The SMILES string of the molecule is O=C(NCc1ccco1)c1cccc(C(=O)Nc2ccc3c(c2)OCCO3)n1. The fourth-order valence-electron chi connectivity index (χ4n) is 2.67. The number of amides is 2. The third kappa shape index (κ3) is 3.96. The number of furan rings is 1. The zero-order chi connectivity index (χ0) is 19.3. The van der Waals surface area contributed by atoms with Gasteiger partial charge in [0.05, 0.1) is 12.8 Å². The van der Waals surface area contributed by atoms with E-state index in [1.165, 1.54) is 12.3 Å². The van der Waals surface area contributed by atoms with Crippen molar-refractivity contribution in [1.82, 2.24) is 10.3 Å². The van der Waals surface area contributed by atoms with Crippen molar-refractivity contribution in [2.45, 2.75) is 6.54 Å². The number of carbonyl (C=O) groups is 2. The van der Waals surface area contributed by atoms with Gasteiger partial charge in [-0.3, -0.25) is 9.59 Å². The number of carbonyl (C=O) groups excluding carboxylic acids is 2. The van der Waals surface area contributed by atoms with Gasteiger partial charge in [-0.15, -0.1) is 0 Å². The molecule has 0 spiro atoms. The van der Waals surface area contributed by atoms with Gasteiger partial charge in [0.2, 0.25) is 0 Å². The Hall–Kier alpha value is -3.81. The molecule has 0 aliphatic carbocycles. The Morgan fingerprint density at radius 2 is 1.71 bits per heavy atom. The molecule has 0 saturated heterocycles. The summed E-state index contributed by atoms with van der Waals surface area (Å²) in [5.74, 6) is 1.00. The van der Waals surface area contributed by atoms with Crippen LogP contribution in [0.15, 0.2) is 59.2 Å². The molecular weight excluding hydrogens is 362 g/mol. The Kier molecular flexibility index (Phi) is 4.92. The van der Waals surface area contributed by atoms with Crippen LogP contribution in [-0.2, 0) is 6.54 Å². The van der Waals surface area contributed by atoms with Crippen molar-refractivity contribution in [1.29, 1.82) is 0 Å². The van der Waals surface area contributed by atoms with E-state index >= 15 is 0 Å². The number of rotatable bonds is 5. The first-order chi connectivity index (χ1) is 13.7. The topological polar surface area (TPSA) is 103 Å². The molecule has 2 N–H and O–H groups in total. The van der Waals surface area contributed by atoms with Gasteiger partial charge in [-0.2, -0.15) is 0 Å². The molecule has 1 aliphatic heterocycles. The molecule has 2 amide bonds. The minimum atomic E-state index is -0.433. The van der Waals surface area contributed by atoms with E-state index in [-0.39, 0.29) is 17.9 Å². The molecule has 2 aromatic heterocycles. The monoisotopic (exact) mass is 379 g/mol. The molecule has 28 heavy (non-hydrogen) atoms. The van der Waals surface area contributed by atoms with E-state index in [2.05, 4.69) is 15.6 Å². The van der Waals surface area contributed by atoms with E-state index in [1.54, 1.807) is 42.5 Å². The molecule has 3 aromatic rings. The van der Waals surface area contributed by atoms with Crippen LogP contribution in [0.3, 0.4) is 0 Å². The number of nitrogens with one attached hydrogen (secondary N) is 2. The largest absolute Gasteiger partial charge is 0.486 e. The van der Waals surface area contributed by atoms with E-state index in [0.717, 1.165) is 0 Å². The van der Waals surface area contributed by atoms with Crippen LogP contribution >= 0.6 is 0 Å². The normalized spacial score (nSPS) is 12.3. The second-order valence-electron chi connectivity index (χ2n) is 5.98. The first kappa shape index (κ1) is 17.6. The number of pyridine rings is 1. The lowest BCUT2D eigenvalue weighted by Gasteiger charge is -2.19. The molecule has 0 bridgehead atoms. The number of fused-ring (bicyclic) bond motifs is 1. The van der Waals surface area contributed by atoms with Crippen LogP contribution in [-0.4, -0.2) is 30.0 Å². The van der Waals surface area contributed by atoms with E-state index in [4.69, 9.17) is 13.9 Å². The van der Waals surface area contributed by atoms with Crippen molar-refractivity contribution in [3.63, 3.8) is 0 Å². The van der Waals surface area contributed by atoms with Crippen LogP contribution in [0.4, 0.5) is 5.69 Å². The van der Waals surface area contributed by atoms with Crippen LogP contribution in [0.25, 0.3) is 0 Å². The van der Waals surface area contributed by atoms with Crippen LogP contribution in [0.2, 0.25) is 0 Å². The quantitative estimate of drug-likeness (QED) is 0.706. The van der Waals surface area contributed by atoms with Crippen LogP contribution in [0.5, 0.6) is 11.5 Å². The highest BCUT2D eigenvalue weighted by molar-refractivity contribution is 6.04. The highest BCUT2D eigenvalue weighted by Crippen LogP contribution is 2.32. The van der Waals surface area contributed by atoms with Crippen molar-refractivity contribution >= 4 is 17.5 Å². The summed E-state index contributed by atoms with van der Waals surface area (Å²) in [5, 5.41) is 5.44. The van der Waals surface area contributed by atoms with Gasteiger partial charge in [0.1, 0.15) is 30.4 Å². The van der Waals surface area contributed by atoms with Crippen molar-refractivity contribution in [2.75, 3.05) is 18.5 Å². The van der Waals surface area contributed by atoms with Crippen molar-refractivity contribution in [2.24, 2.45) is 0 Å². The van der Waals surface area contributed by atoms with Gasteiger partial charge >= 0.3 is 0 Å². The average molecular weight is 379 g/mol. The average Bonchev–Trinajstić information content (AvgIpc) is 3.25. The maximum Gasteiger partial charge on any atom is 0.274 e. The highest BCUT2D eigenvalue weighted by atomic mass is 16.6. The van der Waals surface area contributed by atoms with Crippen LogP contribution < -0.4 is 20.1 Å². The van der Waals surface area contributed by atoms with Gasteiger partial charge in [-0.25, -0.2) is 4.98 Å². The maximum atomic E-state index is 12.5. The van der Waals surface area contributed by atoms with E-state index < -0.39 is 11.8 Å². The summed E-state index contributed by atoms with van der Waals surface area (Å²) in [6.45, 7) is 1.19. The fourth-order valence-corrected chi connectivity index (χ4v) is 2.67. The molecule has 0 unspecified atom stereocenters. The predicted octanol–water partition coefficient (Wildman–Crippen LogP) is 2.63. The van der Waals surface area contributed by atoms with Gasteiger partial charge in [-0.1, -0.05) is 6.07 Å². The zero-order valence-corrected chi connectivity index (χ0v) is 14.8. The Bertz CT molecular complexity index is 1000. The van der Waals surface area contributed by atoms with Crippen molar-refractivity contribution < 1.29 is 23.5 Å². The minimum absolute atomic E-state index is 0.125. The predicted molar refractivity (Wildman–Crippen MR) is 99.5 cm³/mol. The lowest BCUT2D eigenvalue weighted by Crippen LogP contribution is -2.25. The molecule has 8 heteroatoms. The summed E-state index contributed by atoms with van der Waals surface area (Å²) in [6, 6.07) is 13.3. The van der Waals surface area contributed by atoms with E-state index in [9.17, 15) is 9.59 Å².